The first-order valence-corrected chi connectivity index (χ1v) is 26.8. The summed E-state index contributed by atoms with van der Waals surface area (Å²) in [5.74, 6) is -1.51. The third kappa shape index (κ3) is 14.1. The first-order valence-electron chi connectivity index (χ1n) is 23.2. The molecule has 4 N–H and O–H groups in total. The van der Waals surface area contributed by atoms with Crippen molar-refractivity contribution in [3.05, 3.63) is 166 Å². The molecule has 0 fully saturated rings. The van der Waals surface area contributed by atoms with E-state index in [9.17, 15) is 46.1 Å². The number of halogens is 2. The second-order valence-corrected chi connectivity index (χ2v) is 19.8. The molecule has 8 aromatic carbocycles. The molecule has 0 aromatic heterocycles. The number of para-hydroxylation sites is 4. The molecule has 0 aliphatic carbocycles. The predicted molar refractivity (Wildman–Crippen MR) is 294 cm³/mol. The number of anilines is 1. The van der Waals surface area contributed by atoms with E-state index in [-0.39, 0.29) is 116 Å². The number of azo groups is 2. The summed E-state index contributed by atoms with van der Waals surface area (Å²) in [4.78, 5) is 16.5. The van der Waals surface area contributed by atoms with Crippen LogP contribution < -0.4 is 25.0 Å². The maximum atomic E-state index is 13.4. The summed E-state index contributed by atoms with van der Waals surface area (Å²) in [7, 11) is -9.10. The minimum absolute atomic E-state index is 0. The zero-order valence-corrected chi connectivity index (χ0v) is 46.9. The number of nitrogens with one attached hydrogen (secondary N) is 1. The fourth-order valence-electron chi connectivity index (χ4n) is 7.90. The number of aliphatic imine (C=N–C) groups is 1. The molecule has 18 nitrogen and oxygen atoms in total. The Labute approximate surface area is 483 Å². The van der Waals surface area contributed by atoms with Gasteiger partial charge >= 0.3 is 37.7 Å². The largest absolute Gasteiger partial charge is 2.00 e. The summed E-state index contributed by atoms with van der Waals surface area (Å²) in [5, 5.41) is 58.8. The van der Waals surface area contributed by atoms with Gasteiger partial charge in [0.15, 0.2) is 5.75 Å². The average molecular weight is 1150 g/mol. The average Bonchev–Trinajstić information content (AvgIpc) is 3.38. The number of amides is 1. The number of phenolic OH excluding ortho intramolecular Hbond substituents is 1. The number of benzene rings is 8. The quantitative estimate of drug-likeness (QED) is 0.0231. The van der Waals surface area contributed by atoms with Crippen molar-refractivity contribution in [1.29, 1.82) is 0 Å². The first-order chi connectivity index (χ1) is 36.3. The van der Waals surface area contributed by atoms with Crippen molar-refractivity contribution < 1.29 is 55.5 Å². The molecule has 0 saturated heterocycles. The molecule has 8 rings (SSSR count). The van der Waals surface area contributed by atoms with E-state index in [1.54, 1.807) is 117 Å². The van der Waals surface area contributed by atoms with Gasteiger partial charge in [-0.05, 0) is 121 Å². The van der Waals surface area contributed by atoms with Crippen molar-refractivity contribution in [3.63, 3.8) is 0 Å². The second kappa shape index (κ2) is 26.1. The number of nitrogens with zero attached hydrogens (tertiary/aromatic N) is 5. The molecule has 0 saturated carbocycles. The second-order valence-electron chi connectivity index (χ2n) is 16.3. The fraction of sp³-hybridized carbons (Fsp3) is 0.148. The van der Waals surface area contributed by atoms with Gasteiger partial charge in [0.1, 0.15) is 32.7 Å². The van der Waals surface area contributed by atoms with Gasteiger partial charge in [-0.2, -0.15) is 32.2 Å². The molecule has 0 radical (unpaired) electrons. The predicted octanol–water partition coefficient (Wildman–Crippen LogP) is 12.3. The molecule has 0 aliphatic rings. The van der Waals surface area contributed by atoms with Crippen molar-refractivity contribution in [2.45, 2.75) is 50.3 Å². The van der Waals surface area contributed by atoms with Crippen LogP contribution in [0.2, 0.25) is 10.0 Å². The summed E-state index contributed by atoms with van der Waals surface area (Å²) in [6.07, 6.45) is 0.494. The van der Waals surface area contributed by atoms with Gasteiger partial charge in [0.05, 0.1) is 51.6 Å². The Morgan fingerprint density at radius 1 is 0.610 bits per heavy atom. The van der Waals surface area contributed by atoms with Crippen molar-refractivity contribution in [1.82, 2.24) is 0 Å². The van der Waals surface area contributed by atoms with E-state index in [1.165, 1.54) is 30.3 Å². The number of carbonyl (C=O) groups excluding carboxylic acids is 1. The van der Waals surface area contributed by atoms with Gasteiger partial charge in [0, 0.05) is 10.8 Å². The number of fused-ring (bicyclic) bond motifs is 2. The van der Waals surface area contributed by atoms with E-state index in [0.717, 1.165) is 0 Å². The molecular weight excluding hydrogens is 1100 g/mol. The number of ether oxygens (including phenoxy) is 2. The molecule has 0 heterocycles. The van der Waals surface area contributed by atoms with Gasteiger partial charge < -0.3 is 30.1 Å². The van der Waals surface area contributed by atoms with Gasteiger partial charge in [-0.15, -0.1) is 5.11 Å². The van der Waals surface area contributed by atoms with Crippen molar-refractivity contribution in [3.8, 4) is 23.0 Å². The first kappa shape index (κ1) is 59.5. The minimum Gasteiger partial charge on any atom is -0.871 e. The van der Waals surface area contributed by atoms with Crippen LogP contribution in [0.25, 0.3) is 21.5 Å². The van der Waals surface area contributed by atoms with Gasteiger partial charge in [-0.3, -0.25) is 18.9 Å². The summed E-state index contributed by atoms with van der Waals surface area (Å²) in [5.41, 5.74) is 1.30. The van der Waals surface area contributed by atoms with E-state index in [1.807, 2.05) is 13.8 Å². The SMILES string of the molecule is CCOc1ccccc1N=C([O-])c1cc2ccccc2c(N=Nc2cc(Cl)c(S(=O)(=O)O)c(CC)c2)c1[O-].CCOc1ccccc1NC(=O)c1cc2ccccc2c(N=Nc2cc(Cl)c(S(=O)(=O)O)c(CC)c2)c1O.[Ca+2]. The zero-order valence-electron chi connectivity index (χ0n) is 41.6. The standard InChI is InChI=1S/2C27H24ClN3O6S.Ca/c2*1-3-16-13-18(15-21(28)26(16)38(34,35)36)30-31-24-19-10-6-5-9-17(19)14-20(25(24)32)27(33)29-22-11-7-8-12-23(22)37-4-2;/h2*5-15,32H,3-4H2,1-2H3,(H,29,33)(H,34,35,36);/q;;+2/p-2. The molecule has 8 aromatic rings. The summed E-state index contributed by atoms with van der Waals surface area (Å²) >= 11 is 12.2. The molecule has 0 atom stereocenters. The molecule has 23 heteroatoms. The topological polar surface area (TPSA) is 284 Å². The summed E-state index contributed by atoms with van der Waals surface area (Å²) in [6.45, 7) is 7.82. The number of aryl methyl sites for hydroxylation is 2. The van der Waals surface area contributed by atoms with Crippen LogP contribution in [0.1, 0.15) is 54.7 Å². The fourth-order valence-corrected chi connectivity index (χ4v) is 10.6. The van der Waals surface area contributed by atoms with E-state index >= 15 is 0 Å². The number of phenols is 1. The Morgan fingerprint density at radius 2 is 1.06 bits per heavy atom. The number of hydrogen-bond donors (Lipinski definition) is 4. The van der Waals surface area contributed by atoms with E-state index in [4.69, 9.17) is 32.7 Å². The van der Waals surface area contributed by atoms with Crippen LogP contribution in [-0.4, -0.2) is 93.8 Å². The van der Waals surface area contributed by atoms with E-state index in [2.05, 4.69) is 30.8 Å². The smallest absolute Gasteiger partial charge is 0.871 e. The Bertz CT molecular complexity index is 3860. The Balaban J connectivity index is 0.000000246. The maximum absolute atomic E-state index is 13.4. The zero-order chi connectivity index (χ0) is 54.9. The number of aromatic hydroxyl groups is 1. The normalized spacial score (nSPS) is 11.9. The molecule has 1 amide bonds. The molecule has 0 bridgehead atoms. The van der Waals surface area contributed by atoms with Crippen LogP contribution in [0.3, 0.4) is 0 Å². The van der Waals surface area contributed by atoms with Crippen LogP contribution >= 0.6 is 23.2 Å². The Kier molecular flexibility index (Phi) is 20.2. The molecule has 77 heavy (non-hydrogen) atoms. The third-order valence-corrected chi connectivity index (χ3v) is 14.1. The molecular formula is C54H46CaCl2N6O12S2. The van der Waals surface area contributed by atoms with Crippen LogP contribution in [0, 0.1) is 0 Å². The van der Waals surface area contributed by atoms with Gasteiger partial charge in [-0.25, -0.2) is 0 Å². The van der Waals surface area contributed by atoms with Gasteiger partial charge in [-0.1, -0.05) is 116 Å². The number of hydrogen-bond acceptors (Lipinski definition) is 15. The van der Waals surface area contributed by atoms with Gasteiger partial charge in [0.2, 0.25) is 0 Å². The van der Waals surface area contributed by atoms with Gasteiger partial charge in [0.25, 0.3) is 26.1 Å². The minimum atomic E-state index is -4.55. The van der Waals surface area contributed by atoms with Crippen molar-refractivity contribution in [2.75, 3.05) is 18.5 Å². The Morgan fingerprint density at radius 3 is 1.60 bits per heavy atom. The van der Waals surface area contributed by atoms with Crippen LogP contribution in [0.4, 0.5) is 34.1 Å². The van der Waals surface area contributed by atoms with Crippen LogP contribution in [0.15, 0.2) is 169 Å². The van der Waals surface area contributed by atoms with Crippen molar-refractivity contribution in [2.24, 2.45) is 25.4 Å². The third-order valence-electron chi connectivity index (χ3n) is 11.3. The Hall–Kier alpha value is -6.72. The molecule has 0 aliphatic heterocycles. The summed E-state index contributed by atoms with van der Waals surface area (Å²) in [6, 6.07) is 35.9. The van der Waals surface area contributed by atoms with Crippen LogP contribution in [-0.2, 0) is 33.1 Å². The maximum Gasteiger partial charge on any atom is 2.00 e. The monoisotopic (exact) mass is 1140 g/mol. The van der Waals surface area contributed by atoms with E-state index < -0.39 is 48.4 Å². The van der Waals surface area contributed by atoms with E-state index in [0.29, 0.717) is 51.9 Å². The van der Waals surface area contributed by atoms with Crippen LogP contribution in [0.5, 0.6) is 23.0 Å². The summed E-state index contributed by atoms with van der Waals surface area (Å²) < 4.78 is 77.1. The molecule has 0 spiro atoms. The van der Waals surface area contributed by atoms with Crippen molar-refractivity contribution >= 4 is 149 Å². The number of carbonyl (C=O) groups is 1. The number of rotatable bonds is 16. The molecule has 392 valence electrons. The molecule has 0 unspecified atom stereocenters.